The predicted molar refractivity (Wildman–Crippen MR) is 57.8 cm³/mol. The second kappa shape index (κ2) is 4.03. The smallest absolute Gasteiger partial charge is 0.220 e. The van der Waals surface area contributed by atoms with Gasteiger partial charge in [0.05, 0.1) is 0 Å². The summed E-state index contributed by atoms with van der Waals surface area (Å²) in [4.78, 5) is 0. The molecule has 0 aliphatic heterocycles. The minimum atomic E-state index is -1.88. The summed E-state index contributed by atoms with van der Waals surface area (Å²) in [5.74, 6) is -0.205. The van der Waals surface area contributed by atoms with Crippen LogP contribution in [0.25, 0.3) is 0 Å². The summed E-state index contributed by atoms with van der Waals surface area (Å²) in [5, 5.41) is 18.9. The van der Waals surface area contributed by atoms with E-state index in [9.17, 15) is 10.2 Å². The van der Waals surface area contributed by atoms with Crippen LogP contribution >= 0.6 is 34.8 Å². The zero-order chi connectivity index (χ0) is 10.9. The normalized spacial score (nSPS) is 14.0. The second-order valence-corrected chi connectivity index (χ2v) is 5.13. The number of anilines is 1. The molecule has 3 nitrogen and oxygen atoms in total. The standard InChI is InChI=1S/C8H8Cl3NO2/c9-8(10,11)7(14)5-2-1-4(12)3-6(5)13/h1-3,7,13-14H,12H2. The molecule has 0 aromatic heterocycles. The summed E-state index contributed by atoms with van der Waals surface area (Å²) in [6.07, 6.45) is -1.40. The monoisotopic (exact) mass is 255 g/mol. The predicted octanol–water partition coefficient (Wildman–Crippen LogP) is 2.38. The van der Waals surface area contributed by atoms with Crippen molar-refractivity contribution in [1.82, 2.24) is 0 Å². The third kappa shape index (κ3) is 2.58. The number of aliphatic hydroxyl groups is 1. The molecule has 0 bridgehead atoms. The topological polar surface area (TPSA) is 66.5 Å². The summed E-state index contributed by atoms with van der Waals surface area (Å²) in [5.41, 5.74) is 5.88. The van der Waals surface area contributed by atoms with Gasteiger partial charge >= 0.3 is 0 Å². The molecule has 0 aliphatic rings. The number of benzene rings is 1. The van der Waals surface area contributed by atoms with Gasteiger partial charge in [-0.2, -0.15) is 0 Å². The lowest BCUT2D eigenvalue weighted by Crippen LogP contribution is -2.16. The van der Waals surface area contributed by atoms with Gasteiger partial charge in [-0.15, -0.1) is 0 Å². The Bertz CT molecular complexity index is 338. The highest BCUT2D eigenvalue weighted by Gasteiger charge is 2.33. The molecule has 14 heavy (non-hydrogen) atoms. The van der Waals surface area contributed by atoms with Crippen LogP contribution in [0.1, 0.15) is 11.7 Å². The molecule has 0 saturated heterocycles. The highest BCUT2D eigenvalue weighted by molar-refractivity contribution is 6.68. The van der Waals surface area contributed by atoms with Crippen LogP contribution in [0.3, 0.4) is 0 Å². The van der Waals surface area contributed by atoms with Gasteiger partial charge in [0.1, 0.15) is 11.9 Å². The molecule has 0 spiro atoms. The quantitative estimate of drug-likeness (QED) is 0.534. The average Bonchev–Trinajstić information content (AvgIpc) is 2.01. The molecule has 78 valence electrons. The van der Waals surface area contributed by atoms with Crippen molar-refractivity contribution < 1.29 is 10.2 Å². The fraction of sp³-hybridized carbons (Fsp3) is 0.250. The number of nitrogen functional groups attached to an aromatic ring is 1. The average molecular weight is 257 g/mol. The molecule has 0 fully saturated rings. The molecule has 1 atom stereocenters. The van der Waals surface area contributed by atoms with Gasteiger partial charge in [0.25, 0.3) is 0 Å². The van der Waals surface area contributed by atoms with E-state index >= 15 is 0 Å². The van der Waals surface area contributed by atoms with E-state index in [0.29, 0.717) is 5.69 Å². The van der Waals surface area contributed by atoms with Crippen LogP contribution < -0.4 is 5.73 Å². The van der Waals surface area contributed by atoms with Crippen LogP contribution in [0, 0.1) is 0 Å². The van der Waals surface area contributed by atoms with Gasteiger partial charge in [-0.1, -0.05) is 40.9 Å². The van der Waals surface area contributed by atoms with Crippen LogP contribution in [-0.2, 0) is 0 Å². The van der Waals surface area contributed by atoms with Crippen LogP contribution in [-0.4, -0.2) is 14.0 Å². The van der Waals surface area contributed by atoms with Crippen LogP contribution in [0.15, 0.2) is 18.2 Å². The summed E-state index contributed by atoms with van der Waals surface area (Å²) < 4.78 is -1.88. The van der Waals surface area contributed by atoms with Crippen molar-refractivity contribution in [2.45, 2.75) is 9.90 Å². The molecule has 0 radical (unpaired) electrons. The van der Waals surface area contributed by atoms with Crippen LogP contribution in [0.5, 0.6) is 5.75 Å². The molecule has 1 unspecified atom stereocenters. The maximum atomic E-state index is 9.53. The lowest BCUT2D eigenvalue weighted by Gasteiger charge is -2.20. The first-order valence-corrected chi connectivity index (χ1v) is 4.79. The van der Waals surface area contributed by atoms with Gasteiger partial charge in [0.15, 0.2) is 0 Å². The van der Waals surface area contributed by atoms with Crippen molar-refractivity contribution >= 4 is 40.5 Å². The van der Waals surface area contributed by atoms with Crippen molar-refractivity contribution in [1.29, 1.82) is 0 Å². The van der Waals surface area contributed by atoms with Gasteiger partial charge in [0.2, 0.25) is 3.79 Å². The lowest BCUT2D eigenvalue weighted by molar-refractivity contribution is 0.178. The Labute approximate surface area is 96.0 Å². The number of aliphatic hydroxyl groups excluding tert-OH is 1. The first-order valence-electron chi connectivity index (χ1n) is 3.65. The highest BCUT2D eigenvalue weighted by Crippen LogP contribution is 2.42. The molecular formula is C8H8Cl3NO2. The van der Waals surface area contributed by atoms with E-state index in [2.05, 4.69) is 0 Å². The third-order valence-corrected chi connectivity index (χ3v) is 2.28. The number of phenolic OH excluding ortho intramolecular Hbond substituents is 1. The van der Waals surface area contributed by atoms with Gasteiger partial charge in [0, 0.05) is 17.3 Å². The van der Waals surface area contributed by atoms with Gasteiger partial charge < -0.3 is 15.9 Å². The van der Waals surface area contributed by atoms with E-state index in [1.54, 1.807) is 0 Å². The fourth-order valence-electron chi connectivity index (χ4n) is 0.968. The molecule has 0 amide bonds. The highest BCUT2D eigenvalue weighted by atomic mass is 35.6. The number of halogens is 3. The zero-order valence-electron chi connectivity index (χ0n) is 6.92. The van der Waals surface area contributed by atoms with E-state index < -0.39 is 9.90 Å². The SMILES string of the molecule is Nc1ccc(C(O)C(Cl)(Cl)Cl)c(O)c1. The Balaban J connectivity index is 3.08. The van der Waals surface area contributed by atoms with Crippen molar-refractivity contribution in [2.75, 3.05) is 5.73 Å². The molecule has 0 aliphatic carbocycles. The van der Waals surface area contributed by atoms with Crippen LogP contribution in [0.2, 0.25) is 0 Å². The molecule has 1 rings (SSSR count). The maximum Gasteiger partial charge on any atom is 0.220 e. The Kier molecular flexibility index (Phi) is 3.37. The number of nitrogens with two attached hydrogens (primary N) is 1. The fourth-order valence-corrected chi connectivity index (χ4v) is 1.32. The van der Waals surface area contributed by atoms with E-state index in [1.807, 2.05) is 0 Å². The van der Waals surface area contributed by atoms with Crippen molar-refractivity contribution in [3.05, 3.63) is 23.8 Å². The summed E-state index contributed by atoms with van der Waals surface area (Å²) >= 11 is 16.4. The maximum absolute atomic E-state index is 9.53. The van der Waals surface area contributed by atoms with Gasteiger partial charge in [-0.05, 0) is 6.07 Å². The minimum absolute atomic E-state index is 0.124. The number of phenols is 1. The lowest BCUT2D eigenvalue weighted by atomic mass is 10.1. The number of rotatable bonds is 1. The summed E-state index contributed by atoms with van der Waals surface area (Å²) in [6, 6.07) is 4.17. The Hall–Kier alpha value is -0.350. The van der Waals surface area contributed by atoms with E-state index in [4.69, 9.17) is 40.5 Å². The van der Waals surface area contributed by atoms with Gasteiger partial charge in [-0.25, -0.2) is 0 Å². The molecule has 4 N–H and O–H groups in total. The van der Waals surface area contributed by atoms with Crippen molar-refractivity contribution in [2.24, 2.45) is 0 Å². The van der Waals surface area contributed by atoms with E-state index in [0.717, 1.165) is 0 Å². The molecule has 1 aromatic rings. The molecule has 1 aromatic carbocycles. The summed E-state index contributed by atoms with van der Waals surface area (Å²) in [7, 11) is 0. The number of hydrogen-bond acceptors (Lipinski definition) is 3. The Morgan fingerprint density at radius 2 is 1.86 bits per heavy atom. The molecule has 0 heterocycles. The van der Waals surface area contributed by atoms with Crippen molar-refractivity contribution in [3.8, 4) is 5.75 Å². The molecule has 6 heteroatoms. The van der Waals surface area contributed by atoms with Crippen molar-refractivity contribution in [3.63, 3.8) is 0 Å². The van der Waals surface area contributed by atoms with E-state index in [1.165, 1.54) is 18.2 Å². The van der Waals surface area contributed by atoms with E-state index in [-0.39, 0.29) is 11.3 Å². The molecule has 0 saturated carbocycles. The van der Waals surface area contributed by atoms with Crippen LogP contribution in [0.4, 0.5) is 5.69 Å². The Morgan fingerprint density at radius 3 is 2.29 bits per heavy atom. The number of hydrogen-bond donors (Lipinski definition) is 3. The molecular weight excluding hydrogens is 248 g/mol. The largest absolute Gasteiger partial charge is 0.507 e. The summed E-state index contributed by atoms with van der Waals surface area (Å²) in [6.45, 7) is 0. The first-order chi connectivity index (χ1) is 6.32. The number of alkyl halides is 3. The zero-order valence-corrected chi connectivity index (χ0v) is 9.18. The Morgan fingerprint density at radius 1 is 1.29 bits per heavy atom. The first kappa shape index (κ1) is 11.7. The number of aromatic hydroxyl groups is 1. The van der Waals surface area contributed by atoms with Gasteiger partial charge in [-0.3, -0.25) is 0 Å². The third-order valence-electron chi connectivity index (χ3n) is 1.66. The minimum Gasteiger partial charge on any atom is -0.507 e. The second-order valence-electron chi connectivity index (χ2n) is 2.76.